The minimum absolute atomic E-state index is 0.116. The van der Waals surface area contributed by atoms with Gasteiger partial charge in [-0.15, -0.1) is 0 Å². The first kappa shape index (κ1) is 16.5. The zero-order chi connectivity index (χ0) is 17.1. The summed E-state index contributed by atoms with van der Waals surface area (Å²) in [5.41, 5.74) is 0.829. The molecule has 2 N–H and O–H groups in total. The number of rotatable bonds is 4. The molecule has 0 heterocycles. The summed E-state index contributed by atoms with van der Waals surface area (Å²) < 4.78 is 70.5. The number of ether oxygens (including phenoxy) is 1. The first-order valence-corrected chi connectivity index (χ1v) is 6.04. The fraction of sp³-hybridized carbons (Fsp3) is 0.0714. The molecule has 0 amide bonds. The molecule has 0 fully saturated rings. The fourth-order valence-electron chi connectivity index (χ4n) is 1.65. The van der Waals surface area contributed by atoms with Crippen molar-refractivity contribution in [3.63, 3.8) is 0 Å². The highest BCUT2D eigenvalue weighted by atomic mass is 19.2. The number of methoxy groups -OCH3 is 1. The van der Waals surface area contributed by atoms with Crippen LogP contribution in [0.3, 0.4) is 0 Å². The Balaban J connectivity index is 2.28. The predicted octanol–water partition coefficient (Wildman–Crippen LogP) is 3.54. The van der Waals surface area contributed by atoms with Crippen molar-refractivity contribution in [3.05, 3.63) is 52.8 Å². The Morgan fingerprint density at radius 2 is 1.57 bits per heavy atom. The molecule has 23 heavy (non-hydrogen) atoms. The van der Waals surface area contributed by atoms with Gasteiger partial charge >= 0.3 is 0 Å². The number of hydrogen-bond acceptors (Lipinski definition) is 4. The zero-order valence-corrected chi connectivity index (χ0v) is 11.5. The van der Waals surface area contributed by atoms with E-state index in [1.54, 1.807) is 5.43 Å². The molecule has 0 spiro atoms. The average molecular weight is 332 g/mol. The van der Waals surface area contributed by atoms with Crippen molar-refractivity contribution in [2.75, 3.05) is 12.5 Å². The molecule has 4 nitrogen and oxygen atoms in total. The minimum atomic E-state index is -2.25. The molecule has 0 saturated carbocycles. The van der Waals surface area contributed by atoms with Gasteiger partial charge in [0.05, 0.1) is 13.3 Å². The number of benzene rings is 2. The summed E-state index contributed by atoms with van der Waals surface area (Å²) >= 11 is 0. The van der Waals surface area contributed by atoms with Crippen molar-refractivity contribution in [3.8, 4) is 11.5 Å². The number of phenols is 1. The van der Waals surface area contributed by atoms with Gasteiger partial charge in [0.1, 0.15) is 5.69 Å². The molecule has 0 aliphatic rings. The van der Waals surface area contributed by atoms with Crippen LogP contribution in [0.2, 0.25) is 0 Å². The molecule has 0 aliphatic carbocycles. The monoisotopic (exact) mass is 332 g/mol. The van der Waals surface area contributed by atoms with E-state index in [2.05, 4.69) is 5.10 Å². The van der Waals surface area contributed by atoms with E-state index >= 15 is 0 Å². The maximum Gasteiger partial charge on any atom is 0.200 e. The second kappa shape index (κ2) is 6.51. The van der Waals surface area contributed by atoms with Gasteiger partial charge in [0.2, 0.25) is 5.82 Å². The molecule has 2 aromatic carbocycles. The van der Waals surface area contributed by atoms with Crippen LogP contribution in [0.1, 0.15) is 5.56 Å². The van der Waals surface area contributed by atoms with E-state index in [4.69, 9.17) is 4.74 Å². The molecule has 2 aromatic rings. The standard InChI is InChI=1S/C14H9F5N2O2/c1-23-8-4-6(2-3-7(8)22)5-20-21-14-12(18)10(16)9(15)11(17)13(14)19/h2-5,21-22H,1H3/b20-5-. The van der Waals surface area contributed by atoms with Crippen molar-refractivity contribution in [1.82, 2.24) is 0 Å². The first-order valence-electron chi connectivity index (χ1n) is 6.04. The lowest BCUT2D eigenvalue weighted by molar-refractivity contribution is 0.373. The van der Waals surface area contributed by atoms with Gasteiger partial charge in [0, 0.05) is 0 Å². The quantitative estimate of drug-likeness (QED) is 0.296. The maximum atomic E-state index is 13.4. The minimum Gasteiger partial charge on any atom is -0.504 e. The summed E-state index contributed by atoms with van der Waals surface area (Å²) in [5.74, 6) is -10.5. The van der Waals surface area contributed by atoms with Gasteiger partial charge in [-0.1, -0.05) is 0 Å². The molecule has 9 heteroatoms. The highest BCUT2D eigenvalue weighted by Crippen LogP contribution is 2.27. The van der Waals surface area contributed by atoms with E-state index in [9.17, 15) is 27.1 Å². The van der Waals surface area contributed by atoms with E-state index in [-0.39, 0.29) is 11.5 Å². The predicted molar refractivity (Wildman–Crippen MR) is 72.1 cm³/mol. The number of aromatic hydroxyl groups is 1. The van der Waals surface area contributed by atoms with E-state index < -0.39 is 34.8 Å². The summed E-state index contributed by atoms with van der Waals surface area (Å²) in [5, 5.41) is 12.8. The van der Waals surface area contributed by atoms with Gasteiger partial charge in [-0.25, -0.2) is 22.0 Å². The lowest BCUT2D eigenvalue weighted by Crippen LogP contribution is -2.06. The van der Waals surface area contributed by atoms with Gasteiger partial charge < -0.3 is 9.84 Å². The zero-order valence-electron chi connectivity index (χ0n) is 11.5. The Kier molecular flexibility index (Phi) is 4.68. The Labute approximate surface area is 126 Å². The Morgan fingerprint density at radius 3 is 2.13 bits per heavy atom. The number of phenolic OH excluding ortho intramolecular Hbond substituents is 1. The number of halogens is 5. The molecule has 0 unspecified atom stereocenters. The molecule has 0 atom stereocenters. The van der Waals surface area contributed by atoms with Crippen molar-refractivity contribution in [2.24, 2.45) is 5.10 Å². The Morgan fingerprint density at radius 1 is 1.00 bits per heavy atom. The van der Waals surface area contributed by atoms with Gasteiger partial charge in [0.25, 0.3) is 0 Å². The van der Waals surface area contributed by atoms with Crippen LogP contribution in [0, 0.1) is 29.1 Å². The van der Waals surface area contributed by atoms with Crippen LogP contribution >= 0.6 is 0 Å². The lowest BCUT2D eigenvalue weighted by Gasteiger charge is -2.07. The van der Waals surface area contributed by atoms with Gasteiger partial charge in [0.15, 0.2) is 34.8 Å². The smallest absolute Gasteiger partial charge is 0.200 e. The summed E-state index contributed by atoms with van der Waals surface area (Å²) in [6.07, 6.45) is 1.04. The number of hydrazone groups is 1. The lowest BCUT2D eigenvalue weighted by atomic mass is 10.2. The number of nitrogens with one attached hydrogen (secondary N) is 1. The molecule has 2 rings (SSSR count). The highest BCUT2D eigenvalue weighted by Gasteiger charge is 2.25. The molecule has 122 valence electrons. The average Bonchev–Trinajstić information content (AvgIpc) is 2.55. The van der Waals surface area contributed by atoms with Crippen molar-refractivity contribution in [1.29, 1.82) is 0 Å². The molecule has 0 bridgehead atoms. The topological polar surface area (TPSA) is 53.8 Å². The molecule has 0 saturated heterocycles. The number of anilines is 1. The third-order valence-corrected chi connectivity index (χ3v) is 2.80. The summed E-state index contributed by atoms with van der Waals surface area (Å²) in [6.45, 7) is 0. The maximum absolute atomic E-state index is 13.4. The van der Waals surface area contributed by atoms with Crippen LogP contribution in [-0.4, -0.2) is 18.4 Å². The van der Waals surface area contributed by atoms with E-state index in [1.165, 1.54) is 25.3 Å². The third-order valence-electron chi connectivity index (χ3n) is 2.80. The third kappa shape index (κ3) is 3.17. The summed E-state index contributed by atoms with van der Waals surface area (Å²) in [4.78, 5) is 0. The van der Waals surface area contributed by atoms with Crippen LogP contribution in [0.15, 0.2) is 23.3 Å². The van der Waals surface area contributed by atoms with Crippen LogP contribution in [0.5, 0.6) is 11.5 Å². The van der Waals surface area contributed by atoms with Crippen LogP contribution in [0.4, 0.5) is 27.6 Å². The van der Waals surface area contributed by atoms with E-state index in [0.717, 1.165) is 6.21 Å². The SMILES string of the molecule is COc1cc(/C=N\Nc2c(F)c(F)c(F)c(F)c2F)ccc1O. The van der Waals surface area contributed by atoms with Gasteiger partial charge in [-0.2, -0.15) is 5.10 Å². The molecule has 0 aromatic heterocycles. The highest BCUT2D eigenvalue weighted by molar-refractivity contribution is 5.81. The van der Waals surface area contributed by atoms with Gasteiger partial charge in [-0.3, -0.25) is 5.43 Å². The number of nitrogens with zero attached hydrogens (tertiary/aromatic N) is 1. The van der Waals surface area contributed by atoms with Crippen molar-refractivity contribution in [2.45, 2.75) is 0 Å². The molecule has 0 radical (unpaired) electrons. The normalized spacial score (nSPS) is 11.0. The molecular formula is C14H9F5N2O2. The van der Waals surface area contributed by atoms with E-state index in [1.807, 2.05) is 0 Å². The second-order valence-corrected chi connectivity index (χ2v) is 4.25. The van der Waals surface area contributed by atoms with Crippen LogP contribution in [0.25, 0.3) is 0 Å². The molecule has 0 aliphatic heterocycles. The first-order chi connectivity index (χ1) is 10.9. The summed E-state index contributed by atoms with van der Waals surface area (Å²) in [7, 11) is 1.31. The summed E-state index contributed by atoms with van der Waals surface area (Å²) in [6, 6.07) is 4.01. The van der Waals surface area contributed by atoms with Crippen LogP contribution in [-0.2, 0) is 0 Å². The van der Waals surface area contributed by atoms with Crippen LogP contribution < -0.4 is 10.2 Å². The largest absolute Gasteiger partial charge is 0.504 e. The Bertz CT molecular complexity index is 751. The second-order valence-electron chi connectivity index (χ2n) is 4.25. The van der Waals surface area contributed by atoms with Crippen molar-refractivity contribution < 1.29 is 31.8 Å². The van der Waals surface area contributed by atoms with Crippen molar-refractivity contribution >= 4 is 11.9 Å². The molecular weight excluding hydrogens is 323 g/mol. The van der Waals surface area contributed by atoms with Gasteiger partial charge in [-0.05, 0) is 23.8 Å². The Hall–Kier alpha value is -2.84. The number of hydrogen-bond donors (Lipinski definition) is 2. The fourth-order valence-corrected chi connectivity index (χ4v) is 1.65. The van der Waals surface area contributed by atoms with E-state index in [0.29, 0.717) is 5.56 Å².